The van der Waals surface area contributed by atoms with Crippen molar-refractivity contribution in [3.63, 3.8) is 0 Å². The Morgan fingerprint density at radius 1 is 1.31 bits per heavy atom. The number of fused-ring (bicyclic) bond motifs is 2. The standard InChI is InChI=1S/C22H17BrFN3O5/c1-10-12(23)5-15-13(25-10)6-16(32-15)22(7-17(28)26-21(22)30)9-27-8-11-3-4-14(31-2)19(24)18(11)20(27)29/h3-6H,7-9H2,1-2H3,(H,26,28,30)/t22-/m1/s1. The summed E-state index contributed by atoms with van der Waals surface area (Å²) < 4.78 is 26.4. The Balaban J connectivity index is 1.57. The van der Waals surface area contributed by atoms with Crippen LogP contribution in [-0.2, 0) is 21.5 Å². The highest BCUT2D eigenvalue weighted by molar-refractivity contribution is 9.10. The Kier molecular flexibility index (Phi) is 4.59. The normalized spacial score (nSPS) is 20.2. The van der Waals surface area contributed by atoms with Crippen molar-refractivity contribution >= 4 is 44.8 Å². The Morgan fingerprint density at radius 2 is 2.09 bits per heavy atom. The van der Waals surface area contributed by atoms with E-state index >= 15 is 0 Å². The third-order valence-corrected chi connectivity index (χ3v) is 6.79. The molecule has 4 heterocycles. The van der Waals surface area contributed by atoms with Gasteiger partial charge in [-0.05, 0) is 40.5 Å². The number of aromatic nitrogens is 1. The summed E-state index contributed by atoms with van der Waals surface area (Å²) in [6.07, 6.45) is -0.197. The fraction of sp³-hybridized carbons (Fsp3) is 0.273. The van der Waals surface area contributed by atoms with Gasteiger partial charge < -0.3 is 14.1 Å². The zero-order valence-corrected chi connectivity index (χ0v) is 18.7. The Morgan fingerprint density at radius 3 is 2.78 bits per heavy atom. The van der Waals surface area contributed by atoms with E-state index in [1.165, 1.54) is 18.1 Å². The largest absolute Gasteiger partial charge is 0.494 e. The first kappa shape index (κ1) is 20.6. The van der Waals surface area contributed by atoms with Crippen molar-refractivity contribution < 1.29 is 27.9 Å². The summed E-state index contributed by atoms with van der Waals surface area (Å²) >= 11 is 3.40. The second-order valence-corrected chi connectivity index (χ2v) is 8.82. The number of carbonyl (C=O) groups excluding carboxylic acids is 3. The van der Waals surface area contributed by atoms with Gasteiger partial charge in [0.1, 0.15) is 16.7 Å². The van der Waals surface area contributed by atoms with Gasteiger partial charge in [0.05, 0.1) is 24.8 Å². The van der Waals surface area contributed by atoms with Crippen molar-refractivity contribution in [1.29, 1.82) is 0 Å². The quantitative estimate of drug-likeness (QED) is 0.551. The molecule has 2 aromatic heterocycles. The summed E-state index contributed by atoms with van der Waals surface area (Å²) in [6.45, 7) is 1.77. The predicted octanol–water partition coefficient (Wildman–Crippen LogP) is 2.99. The lowest BCUT2D eigenvalue weighted by molar-refractivity contribution is -0.126. The number of hydrogen-bond acceptors (Lipinski definition) is 6. The maximum absolute atomic E-state index is 14.7. The third kappa shape index (κ3) is 2.93. The topological polar surface area (TPSA) is 102 Å². The summed E-state index contributed by atoms with van der Waals surface area (Å²) in [5.74, 6) is -2.17. The second kappa shape index (κ2) is 7.13. The molecule has 3 amide bonds. The van der Waals surface area contributed by atoms with Crippen LogP contribution in [0, 0.1) is 12.7 Å². The van der Waals surface area contributed by atoms with E-state index in [-0.39, 0.29) is 36.6 Å². The zero-order chi connectivity index (χ0) is 22.8. The Labute approximate surface area is 189 Å². The lowest BCUT2D eigenvalue weighted by Crippen LogP contribution is -2.46. The van der Waals surface area contributed by atoms with Gasteiger partial charge in [0.2, 0.25) is 11.8 Å². The van der Waals surface area contributed by atoms with Crippen LogP contribution >= 0.6 is 15.9 Å². The van der Waals surface area contributed by atoms with Gasteiger partial charge in [-0.15, -0.1) is 0 Å². The van der Waals surface area contributed by atoms with Crippen LogP contribution in [0.2, 0.25) is 0 Å². The number of amides is 3. The molecule has 0 spiro atoms. The highest BCUT2D eigenvalue weighted by atomic mass is 79.9. The molecule has 1 fully saturated rings. The number of carbonyl (C=O) groups is 3. The molecule has 1 aromatic carbocycles. The minimum atomic E-state index is -1.45. The van der Waals surface area contributed by atoms with Crippen LogP contribution < -0.4 is 10.1 Å². The van der Waals surface area contributed by atoms with Crippen LogP contribution in [0.5, 0.6) is 5.75 Å². The first-order valence-electron chi connectivity index (χ1n) is 9.79. The first-order chi connectivity index (χ1) is 15.2. The van der Waals surface area contributed by atoms with E-state index < -0.39 is 29.0 Å². The van der Waals surface area contributed by atoms with Gasteiger partial charge in [-0.25, -0.2) is 9.37 Å². The van der Waals surface area contributed by atoms with Crippen LogP contribution in [0.3, 0.4) is 0 Å². The van der Waals surface area contributed by atoms with E-state index in [9.17, 15) is 18.8 Å². The number of pyridine rings is 1. The number of benzene rings is 1. The Bertz CT molecular complexity index is 1300. The average molecular weight is 502 g/mol. The van der Waals surface area contributed by atoms with Crippen molar-refractivity contribution in [2.24, 2.45) is 0 Å². The summed E-state index contributed by atoms with van der Waals surface area (Å²) in [5.41, 5.74) is 0.653. The van der Waals surface area contributed by atoms with E-state index in [1.807, 2.05) is 6.92 Å². The number of nitrogens with one attached hydrogen (secondary N) is 1. The average Bonchev–Trinajstić information content (AvgIpc) is 3.38. The van der Waals surface area contributed by atoms with Crippen molar-refractivity contribution in [3.05, 3.63) is 57.1 Å². The van der Waals surface area contributed by atoms with Crippen LogP contribution in [0.4, 0.5) is 4.39 Å². The van der Waals surface area contributed by atoms with Crippen molar-refractivity contribution in [3.8, 4) is 5.75 Å². The number of halogens is 2. The summed E-state index contributed by atoms with van der Waals surface area (Å²) in [4.78, 5) is 44.1. The molecule has 0 unspecified atom stereocenters. The van der Waals surface area contributed by atoms with Crippen molar-refractivity contribution in [2.75, 3.05) is 13.7 Å². The monoisotopic (exact) mass is 501 g/mol. The summed E-state index contributed by atoms with van der Waals surface area (Å²) in [5, 5.41) is 2.31. The number of ether oxygens (including phenoxy) is 1. The third-order valence-electron chi connectivity index (χ3n) is 5.99. The van der Waals surface area contributed by atoms with Gasteiger partial charge in [0.25, 0.3) is 5.91 Å². The van der Waals surface area contributed by atoms with Gasteiger partial charge in [-0.3, -0.25) is 19.7 Å². The number of hydrogen-bond donors (Lipinski definition) is 1. The molecular weight excluding hydrogens is 485 g/mol. The molecule has 1 atom stereocenters. The van der Waals surface area contributed by atoms with Gasteiger partial charge in [-0.2, -0.15) is 0 Å². The number of methoxy groups -OCH3 is 1. The van der Waals surface area contributed by atoms with Crippen molar-refractivity contribution in [2.45, 2.75) is 25.3 Å². The molecule has 1 saturated heterocycles. The number of rotatable bonds is 4. The van der Waals surface area contributed by atoms with E-state index in [1.54, 1.807) is 18.2 Å². The fourth-order valence-electron chi connectivity index (χ4n) is 4.33. The van der Waals surface area contributed by atoms with Gasteiger partial charge in [-0.1, -0.05) is 6.07 Å². The lowest BCUT2D eigenvalue weighted by atomic mass is 9.82. The SMILES string of the molecule is COc1ccc2c(c1F)C(=O)N(C[C@@]1(c3cc4nc(C)c(Br)cc4o3)CC(=O)NC1=O)C2. The smallest absolute Gasteiger partial charge is 0.257 e. The van der Waals surface area contributed by atoms with E-state index in [0.717, 1.165) is 10.2 Å². The number of aryl methyl sites for hydroxylation is 1. The number of nitrogens with zero attached hydrogens (tertiary/aromatic N) is 2. The van der Waals surface area contributed by atoms with Crippen LogP contribution in [0.1, 0.15) is 33.8 Å². The summed E-state index contributed by atoms with van der Waals surface area (Å²) in [7, 11) is 1.32. The zero-order valence-electron chi connectivity index (χ0n) is 17.1. The fourth-order valence-corrected chi connectivity index (χ4v) is 4.63. The van der Waals surface area contributed by atoms with E-state index in [4.69, 9.17) is 9.15 Å². The molecule has 164 valence electrons. The molecule has 0 aliphatic carbocycles. The number of furan rings is 1. The molecule has 2 aliphatic rings. The molecule has 2 aliphatic heterocycles. The molecule has 0 radical (unpaired) electrons. The first-order valence-corrected chi connectivity index (χ1v) is 10.6. The highest BCUT2D eigenvalue weighted by Crippen LogP contribution is 2.40. The molecule has 1 N–H and O–H groups in total. The van der Waals surface area contributed by atoms with Crippen LogP contribution in [0.25, 0.3) is 11.1 Å². The summed E-state index contributed by atoms with van der Waals surface area (Å²) in [6, 6.07) is 6.43. The van der Waals surface area contributed by atoms with E-state index in [2.05, 4.69) is 26.2 Å². The van der Waals surface area contributed by atoms with E-state index in [0.29, 0.717) is 16.7 Å². The number of imide groups is 1. The van der Waals surface area contributed by atoms with Crippen molar-refractivity contribution in [1.82, 2.24) is 15.2 Å². The molecule has 3 aromatic rings. The minimum absolute atomic E-state index is 0.0354. The molecule has 8 nitrogen and oxygen atoms in total. The molecular formula is C22H17BrFN3O5. The van der Waals surface area contributed by atoms with Gasteiger partial charge >= 0.3 is 0 Å². The van der Waals surface area contributed by atoms with Crippen LogP contribution in [-0.4, -0.2) is 41.3 Å². The molecule has 10 heteroatoms. The molecule has 0 bridgehead atoms. The molecule has 0 saturated carbocycles. The van der Waals surface area contributed by atoms with Crippen LogP contribution in [0.15, 0.2) is 33.2 Å². The predicted molar refractivity (Wildman–Crippen MR) is 114 cm³/mol. The highest BCUT2D eigenvalue weighted by Gasteiger charge is 2.53. The van der Waals surface area contributed by atoms with Gasteiger partial charge in [0, 0.05) is 23.6 Å². The second-order valence-electron chi connectivity index (χ2n) is 7.96. The molecule has 32 heavy (non-hydrogen) atoms. The Hall–Kier alpha value is -3.27. The molecule has 5 rings (SSSR count). The minimum Gasteiger partial charge on any atom is -0.494 e. The maximum Gasteiger partial charge on any atom is 0.257 e. The lowest BCUT2D eigenvalue weighted by Gasteiger charge is -2.28. The maximum atomic E-state index is 14.7. The van der Waals surface area contributed by atoms with Gasteiger partial charge in [0.15, 0.2) is 17.1 Å².